The highest BCUT2D eigenvalue weighted by Crippen LogP contribution is 2.44. The molecule has 0 unspecified atom stereocenters. The van der Waals surface area contributed by atoms with Crippen LogP contribution in [0.5, 0.6) is 0 Å². The molecule has 1 amide bonds. The first-order valence-electron chi connectivity index (χ1n) is 4.01. The Morgan fingerprint density at radius 3 is 2.77 bits per heavy atom. The lowest BCUT2D eigenvalue weighted by Crippen LogP contribution is -2.33. The number of carboxylic acid groups (broad SMARTS) is 1. The summed E-state index contributed by atoms with van der Waals surface area (Å²) in [6.07, 6.45) is 3.85. The van der Waals surface area contributed by atoms with E-state index in [0.717, 1.165) is 18.4 Å². The fraction of sp³-hybridized carbons (Fsp3) is 0.375. The molecule has 68 valence electrons. The molecule has 0 aliphatic heterocycles. The van der Waals surface area contributed by atoms with Crippen LogP contribution < -0.4 is 5.32 Å². The van der Waals surface area contributed by atoms with Crippen LogP contribution in [-0.4, -0.2) is 21.4 Å². The molecule has 0 saturated heterocycles. The summed E-state index contributed by atoms with van der Waals surface area (Å²) >= 11 is 0. The van der Waals surface area contributed by atoms with Crippen molar-refractivity contribution in [3.05, 3.63) is 24.0 Å². The lowest BCUT2D eigenvalue weighted by molar-refractivity contribution is 0.188. The fourth-order valence-electron chi connectivity index (χ4n) is 1.39. The Kier molecular flexibility index (Phi) is 1.65. The van der Waals surface area contributed by atoms with Gasteiger partial charge in [0.25, 0.3) is 0 Å². The van der Waals surface area contributed by atoms with Crippen LogP contribution in [0, 0.1) is 0 Å². The summed E-state index contributed by atoms with van der Waals surface area (Å²) in [5.74, 6) is 0. The van der Waals surface area contributed by atoms with Crippen LogP contribution in [0.25, 0.3) is 0 Å². The number of amides is 1. The molecule has 1 aromatic heterocycles. The summed E-state index contributed by atoms with van der Waals surface area (Å²) in [7, 11) is 0. The van der Waals surface area contributed by atoms with E-state index in [2.05, 4.69) is 15.5 Å². The van der Waals surface area contributed by atoms with Gasteiger partial charge in [0.05, 0.1) is 11.7 Å². The van der Waals surface area contributed by atoms with E-state index < -0.39 is 6.09 Å². The van der Waals surface area contributed by atoms with Crippen molar-refractivity contribution in [3.63, 3.8) is 0 Å². The van der Waals surface area contributed by atoms with Crippen LogP contribution in [0.15, 0.2) is 18.5 Å². The molecular weight excluding hydrogens is 170 g/mol. The SMILES string of the molecule is O=C(O)NC1(c2ccnnc2)CC1. The van der Waals surface area contributed by atoms with Gasteiger partial charge in [-0.05, 0) is 24.5 Å². The Bertz CT molecular complexity index is 321. The molecule has 0 bridgehead atoms. The number of aromatic nitrogens is 2. The van der Waals surface area contributed by atoms with E-state index in [1.807, 2.05) is 0 Å². The fourth-order valence-corrected chi connectivity index (χ4v) is 1.39. The molecule has 1 aromatic rings. The number of nitrogens with zero attached hydrogens (tertiary/aromatic N) is 2. The smallest absolute Gasteiger partial charge is 0.405 e. The Morgan fingerprint density at radius 1 is 1.54 bits per heavy atom. The standard InChI is InChI=1S/C8H9N3O2/c12-7(13)11-8(2-3-8)6-1-4-9-10-5-6/h1,4-5,11H,2-3H2,(H,12,13). The van der Waals surface area contributed by atoms with Crippen LogP contribution in [0.2, 0.25) is 0 Å². The van der Waals surface area contributed by atoms with Gasteiger partial charge in [0, 0.05) is 6.20 Å². The highest BCUT2D eigenvalue weighted by molar-refractivity contribution is 5.67. The number of hydrogen-bond donors (Lipinski definition) is 2. The van der Waals surface area contributed by atoms with Gasteiger partial charge in [0.1, 0.15) is 0 Å². The van der Waals surface area contributed by atoms with Crippen LogP contribution in [-0.2, 0) is 5.54 Å². The lowest BCUT2D eigenvalue weighted by atomic mass is 10.1. The molecule has 1 aliphatic carbocycles. The van der Waals surface area contributed by atoms with Crippen LogP contribution >= 0.6 is 0 Å². The van der Waals surface area contributed by atoms with Gasteiger partial charge < -0.3 is 10.4 Å². The third-order valence-corrected chi connectivity index (χ3v) is 2.23. The van der Waals surface area contributed by atoms with Crippen molar-refractivity contribution in [2.24, 2.45) is 0 Å². The van der Waals surface area contributed by atoms with Gasteiger partial charge in [-0.1, -0.05) is 0 Å². The van der Waals surface area contributed by atoms with E-state index in [-0.39, 0.29) is 5.54 Å². The molecule has 13 heavy (non-hydrogen) atoms. The van der Waals surface area contributed by atoms with Crippen LogP contribution in [0.1, 0.15) is 18.4 Å². The minimum Gasteiger partial charge on any atom is -0.465 e. The highest BCUT2D eigenvalue weighted by Gasteiger charge is 2.46. The normalized spacial score (nSPS) is 17.8. The van der Waals surface area contributed by atoms with E-state index in [4.69, 9.17) is 5.11 Å². The monoisotopic (exact) mass is 179 g/mol. The second-order valence-corrected chi connectivity index (χ2v) is 3.14. The first-order chi connectivity index (χ1) is 6.23. The third-order valence-electron chi connectivity index (χ3n) is 2.23. The second kappa shape index (κ2) is 2.69. The summed E-state index contributed by atoms with van der Waals surface area (Å²) in [4.78, 5) is 10.5. The molecule has 1 saturated carbocycles. The Hall–Kier alpha value is -1.65. The third kappa shape index (κ3) is 1.44. The molecule has 0 atom stereocenters. The molecule has 0 aromatic carbocycles. The topological polar surface area (TPSA) is 75.1 Å². The summed E-state index contributed by atoms with van der Waals surface area (Å²) < 4.78 is 0. The molecule has 0 radical (unpaired) electrons. The van der Waals surface area contributed by atoms with E-state index in [1.54, 1.807) is 18.5 Å². The van der Waals surface area contributed by atoms with E-state index >= 15 is 0 Å². The van der Waals surface area contributed by atoms with Crippen molar-refractivity contribution in [1.29, 1.82) is 0 Å². The van der Waals surface area contributed by atoms with Crippen molar-refractivity contribution in [3.8, 4) is 0 Å². The van der Waals surface area contributed by atoms with Crippen molar-refractivity contribution in [2.45, 2.75) is 18.4 Å². The van der Waals surface area contributed by atoms with Crippen molar-refractivity contribution < 1.29 is 9.90 Å². The molecule has 5 heteroatoms. The maximum absolute atomic E-state index is 10.5. The largest absolute Gasteiger partial charge is 0.465 e. The zero-order chi connectivity index (χ0) is 9.31. The second-order valence-electron chi connectivity index (χ2n) is 3.14. The van der Waals surface area contributed by atoms with E-state index in [9.17, 15) is 4.79 Å². The zero-order valence-electron chi connectivity index (χ0n) is 6.90. The number of nitrogens with one attached hydrogen (secondary N) is 1. The molecular formula is C8H9N3O2. The first-order valence-corrected chi connectivity index (χ1v) is 4.01. The first kappa shape index (κ1) is 7.97. The van der Waals surface area contributed by atoms with Gasteiger partial charge in [0.2, 0.25) is 0 Å². The van der Waals surface area contributed by atoms with Gasteiger partial charge in [-0.3, -0.25) is 0 Å². The van der Waals surface area contributed by atoms with Gasteiger partial charge >= 0.3 is 6.09 Å². The molecule has 0 spiro atoms. The van der Waals surface area contributed by atoms with Crippen LogP contribution in [0.3, 0.4) is 0 Å². The highest BCUT2D eigenvalue weighted by atomic mass is 16.4. The lowest BCUT2D eigenvalue weighted by Gasteiger charge is -2.13. The quantitative estimate of drug-likeness (QED) is 0.701. The van der Waals surface area contributed by atoms with Gasteiger partial charge in [-0.25, -0.2) is 4.79 Å². The maximum Gasteiger partial charge on any atom is 0.405 e. The van der Waals surface area contributed by atoms with Crippen molar-refractivity contribution in [1.82, 2.24) is 15.5 Å². The van der Waals surface area contributed by atoms with Crippen LogP contribution in [0.4, 0.5) is 4.79 Å². The summed E-state index contributed by atoms with van der Waals surface area (Å²) in [5.41, 5.74) is 0.506. The molecule has 2 N–H and O–H groups in total. The summed E-state index contributed by atoms with van der Waals surface area (Å²) in [5, 5.41) is 18.5. The molecule has 2 rings (SSSR count). The predicted molar refractivity (Wildman–Crippen MR) is 44.1 cm³/mol. The van der Waals surface area contributed by atoms with Gasteiger partial charge in [0.15, 0.2) is 0 Å². The molecule has 1 aliphatic rings. The Labute approximate surface area is 74.8 Å². The number of hydrogen-bond acceptors (Lipinski definition) is 3. The summed E-state index contributed by atoms with van der Waals surface area (Å²) in [6.45, 7) is 0. The molecule has 1 heterocycles. The zero-order valence-corrected chi connectivity index (χ0v) is 6.90. The molecule has 1 fully saturated rings. The van der Waals surface area contributed by atoms with Crippen molar-refractivity contribution >= 4 is 6.09 Å². The predicted octanol–water partition coefficient (Wildman–Crippen LogP) is 0.733. The van der Waals surface area contributed by atoms with Gasteiger partial charge in [-0.2, -0.15) is 10.2 Å². The Morgan fingerprint density at radius 2 is 2.31 bits per heavy atom. The maximum atomic E-state index is 10.5. The number of rotatable bonds is 2. The summed E-state index contributed by atoms with van der Waals surface area (Å²) in [6, 6.07) is 1.79. The van der Waals surface area contributed by atoms with E-state index in [1.165, 1.54) is 0 Å². The van der Waals surface area contributed by atoms with E-state index in [0.29, 0.717) is 0 Å². The molecule has 5 nitrogen and oxygen atoms in total. The van der Waals surface area contributed by atoms with Gasteiger partial charge in [-0.15, -0.1) is 0 Å². The minimum absolute atomic E-state index is 0.387. The minimum atomic E-state index is -0.991. The average molecular weight is 179 g/mol. The van der Waals surface area contributed by atoms with Crippen molar-refractivity contribution in [2.75, 3.05) is 0 Å². The average Bonchev–Trinajstić information content (AvgIpc) is 2.86. The Balaban J connectivity index is 2.21. The number of carbonyl (C=O) groups is 1.